The molecular formula is C15H8FN4Na2O5PS. The van der Waals surface area contributed by atoms with Gasteiger partial charge in [0.2, 0.25) is 5.78 Å². The van der Waals surface area contributed by atoms with Crippen LogP contribution in [0.4, 0.5) is 4.39 Å². The first kappa shape index (κ1) is 24.5. The molecule has 0 N–H and O–H groups in total. The zero-order chi connectivity index (χ0) is 19.3. The Morgan fingerprint density at radius 1 is 1.28 bits per heavy atom. The van der Waals surface area contributed by atoms with Gasteiger partial charge in [0.15, 0.2) is 10.8 Å². The third kappa shape index (κ3) is 4.64. The Morgan fingerprint density at radius 2 is 2.00 bits per heavy atom. The summed E-state index contributed by atoms with van der Waals surface area (Å²) < 4.78 is 30.8. The Hall–Kier alpha value is -0.720. The number of para-hydroxylation sites is 1. The van der Waals surface area contributed by atoms with Crippen molar-refractivity contribution < 1.29 is 87.2 Å². The van der Waals surface area contributed by atoms with Gasteiger partial charge < -0.3 is 23.2 Å². The Bertz CT molecular complexity index is 1250. The van der Waals surface area contributed by atoms with Crippen molar-refractivity contribution in [3.05, 3.63) is 52.0 Å². The van der Waals surface area contributed by atoms with Gasteiger partial charge in [0.05, 0.1) is 11.1 Å². The Morgan fingerprint density at radius 3 is 2.62 bits per heavy atom. The first-order valence-corrected chi connectivity index (χ1v) is 9.76. The maximum atomic E-state index is 14.1. The van der Waals surface area contributed by atoms with Crippen LogP contribution < -0.4 is 68.9 Å². The van der Waals surface area contributed by atoms with Gasteiger partial charge in [-0.05, 0) is 13.0 Å². The van der Waals surface area contributed by atoms with Crippen LogP contribution in [0.1, 0.15) is 21.2 Å². The van der Waals surface area contributed by atoms with Gasteiger partial charge >= 0.3 is 59.1 Å². The second kappa shape index (κ2) is 9.19. The summed E-state index contributed by atoms with van der Waals surface area (Å²) in [5, 5.41) is 5.15. The quantitative estimate of drug-likeness (QED) is 0.172. The number of aromatic nitrogens is 4. The molecule has 4 rings (SSSR count). The first-order chi connectivity index (χ1) is 12.8. The van der Waals surface area contributed by atoms with Crippen LogP contribution in [0, 0.1) is 12.7 Å². The molecule has 0 aliphatic rings. The van der Waals surface area contributed by atoms with Crippen molar-refractivity contribution in [2.45, 2.75) is 6.92 Å². The predicted octanol–water partition coefficient (Wildman–Crippen LogP) is -4.49. The number of fused-ring (bicyclic) bond motifs is 1. The molecule has 0 spiro atoms. The Balaban J connectivity index is 0.00000150. The molecule has 0 amide bonds. The SMILES string of the molecule is Cc1noc(-c2csc(C(=O)c3cn(P(=O)([O-])[O-])c4c(F)cccc34)n2)n1.[Na+].[Na+]. The molecule has 0 aliphatic carbocycles. The standard InChI is InChI=1S/C15H10FN4O5PS.2Na/c1-7-17-14(25-19-7)11-6-27-15(18-11)13(21)9-5-20(26(22,23)24)12-8(9)3-2-4-10(12)16;;/h2-6H,1H3,(H2,22,23,24);;/q;2*+1/p-2. The van der Waals surface area contributed by atoms with Gasteiger partial charge in [0.1, 0.15) is 11.5 Å². The zero-order valence-corrected chi connectivity index (χ0v) is 21.2. The van der Waals surface area contributed by atoms with Gasteiger partial charge in [0, 0.05) is 24.7 Å². The van der Waals surface area contributed by atoms with Crippen LogP contribution in [0.25, 0.3) is 22.5 Å². The van der Waals surface area contributed by atoms with Crippen molar-refractivity contribution >= 4 is 35.8 Å². The number of nitrogens with zero attached hydrogens (tertiary/aromatic N) is 4. The number of carbonyl (C=O) groups is 1. The van der Waals surface area contributed by atoms with Crippen molar-refractivity contribution in [2.75, 3.05) is 0 Å². The van der Waals surface area contributed by atoms with E-state index in [1.807, 2.05) is 0 Å². The van der Waals surface area contributed by atoms with Crippen LogP contribution in [0.3, 0.4) is 0 Å². The van der Waals surface area contributed by atoms with Gasteiger partial charge in [-0.15, -0.1) is 11.3 Å². The van der Waals surface area contributed by atoms with Crippen molar-refractivity contribution in [3.8, 4) is 11.6 Å². The van der Waals surface area contributed by atoms with Crippen LogP contribution in [-0.2, 0) is 4.57 Å². The van der Waals surface area contributed by atoms with E-state index in [9.17, 15) is 23.5 Å². The summed E-state index contributed by atoms with van der Waals surface area (Å²) in [6.45, 7) is 1.62. The number of rotatable bonds is 4. The molecule has 1 aromatic carbocycles. The molecule has 0 aliphatic heterocycles. The molecule has 4 aromatic rings. The fraction of sp³-hybridized carbons (Fsp3) is 0.0667. The van der Waals surface area contributed by atoms with E-state index in [4.69, 9.17) is 4.52 Å². The maximum absolute atomic E-state index is 14.1. The molecule has 0 bridgehead atoms. The number of aryl methyl sites for hydroxylation is 1. The molecular weight excluding hydrogens is 444 g/mol. The van der Waals surface area contributed by atoms with Crippen LogP contribution in [0.5, 0.6) is 0 Å². The normalized spacial score (nSPS) is 11.2. The summed E-state index contributed by atoms with van der Waals surface area (Å²) in [6.07, 6.45) is 0.814. The number of hydrogen-bond acceptors (Lipinski definition) is 9. The summed E-state index contributed by atoms with van der Waals surface area (Å²) in [6, 6.07) is 3.67. The summed E-state index contributed by atoms with van der Waals surface area (Å²) in [5.41, 5.74) is -0.352. The van der Waals surface area contributed by atoms with Crippen molar-refractivity contribution in [3.63, 3.8) is 0 Å². The monoisotopic (exact) mass is 452 g/mol. The minimum Gasteiger partial charge on any atom is -0.795 e. The average molecular weight is 452 g/mol. The van der Waals surface area contributed by atoms with Gasteiger partial charge in [-0.3, -0.25) is 4.79 Å². The van der Waals surface area contributed by atoms with Gasteiger partial charge in [0.25, 0.3) is 5.89 Å². The van der Waals surface area contributed by atoms with E-state index in [-0.39, 0.29) is 91.0 Å². The molecule has 29 heavy (non-hydrogen) atoms. The third-order valence-electron chi connectivity index (χ3n) is 3.71. The number of hydrogen-bond donors (Lipinski definition) is 0. The molecule has 0 saturated carbocycles. The van der Waals surface area contributed by atoms with E-state index in [0.717, 1.165) is 23.6 Å². The van der Waals surface area contributed by atoms with E-state index in [2.05, 4.69) is 15.1 Å². The van der Waals surface area contributed by atoms with Crippen molar-refractivity contribution in [2.24, 2.45) is 0 Å². The predicted molar refractivity (Wildman–Crippen MR) is 88.5 cm³/mol. The summed E-state index contributed by atoms with van der Waals surface area (Å²) in [7, 11) is -5.37. The van der Waals surface area contributed by atoms with Gasteiger partial charge in [-0.1, -0.05) is 17.3 Å². The molecule has 0 atom stereocenters. The molecule has 0 radical (unpaired) electrons. The summed E-state index contributed by atoms with van der Waals surface area (Å²) in [5.74, 6) is -1.07. The minimum absolute atomic E-state index is 0. The molecule has 138 valence electrons. The van der Waals surface area contributed by atoms with E-state index in [1.54, 1.807) is 6.92 Å². The third-order valence-corrected chi connectivity index (χ3v) is 5.40. The van der Waals surface area contributed by atoms with Gasteiger partial charge in [-0.2, -0.15) is 4.98 Å². The molecule has 3 heterocycles. The molecule has 0 saturated heterocycles. The van der Waals surface area contributed by atoms with Crippen LogP contribution in [0.2, 0.25) is 0 Å². The molecule has 14 heteroatoms. The summed E-state index contributed by atoms with van der Waals surface area (Å²) >= 11 is 0.969. The Kier molecular flexibility index (Phi) is 7.78. The largest absolute Gasteiger partial charge is 1.00 e. The zero-order valence-electron chi connectivity index (χ0n) is 15.5. The number of ketones is 1. The number of benzene rings is 1. The molecule has 3 aromatic heterocycles. The smallest absolute Gasteiger partial charge is 0.795 e. The van der Waals surface area contributed by atoms with E-state index < -0.39 is 24.9 Å². The summed E-state index contributed by atoms with van der Waals surface area (Å²) in [4.78, 5) is 43.9. The van der Waals surface area contributed by atoms with Crippen LogP contribution in [-0.4, -0.2) is 25.2 Å². The molecule has 0 unspecified atom stereocenters. The Labute approximate surface area is 211 Å². The van der Waals surface area contributed by atoms with E-state index in [1.165, 1.54) is 17.5 Å². The fourth-order valence-corrected chi connectivity index (χ4v) is 4.04. The number of carbonyl (C=O) groups excluding carboxylic acids is 1. The molecule has 9 nitrogen and oxygen atoms in total. The second-order valence-corrected chi connectivity index (χ2v) is 7.73. The fourth-order valence-electron chi connectivity index (χ4n) is 2.59. The van der Waals surface area contributed by atoms with Crippen molar-refractivity contribution in [1.82, 2.24) is 19.5 Å². The minimum atomic E-state index is -5.37. The van der Waals surface area contributed by atoms with Crippen LogP contribution in [0.15, 0.2) is 34.3 Å². The second-order valence-electron chi connectivity index (χ2n) is 5.51. The topological polar surface area (TPSA) is 137 Å². The van der Waals surface area contributed by atoms with E-state index >= 15 is 0 Å². The van der Waals surface area contributed by atoms with Crippen LogP contribution >= 0.6 is 19.1 Å². The van der Waals surface area contributed by atoms with Gasteiger partial charge in [-0.25, -0.2) is 9.37 Å². The average Bonchev–Trinajstić information content (AvgIpc) is 3.31. The molecule has 0 fully saturated rings. The first-order valence-electron chi connectivity index (χ1n) is 7.39. The number of halogens is 1. The van der Waals surface area contributed by atoms with E-state index in [0.29, 0.717) is 5.82 Å². The van der Waals surface area contributed by atoms with Crippen molar-refractivity contribution in [1.29, 1.82) is 0 Å². The number of thiazole rings is 1. The maximum Gasteiger partial charge on any atom is 1.00 e.